The predicted molar refractivity (Wildman–Crippen MR) is 77.1 cm³/mol. The summed E-state index contributed by atoms with van der Waals surface area (Å²) in [5.41, 5.74) is 6.45. The van der Waals surface area contributed by atoms with Crippen molar-refractivity contribution in [1.29, 1.82) is 0 Å². The van der Waals surface area contributed by atoms with Gasteiger partial charge in [-0.2, -0.15) is 0 Å². The van der Waals surface area contributed by atoms with Crippen molar-refractivity contribution in [3.8, 4) is 5.75 Å². The maximum absolute atomic E-state index is 11.8. The standard InChI is InChI=1S/C13H18BrN3O2/c1-19-9-2-3-11(14)10(8-9)12(13(15)18)17-6-4-16-5-7-17/h2-3,8,12,16H,4-7H2,1H3,(H2,15,18). The van der Waals surface area contributed by atoms with Crippen LogP contribution in [0.1, 0.15) is 11.6 Å². The summed E-state index contributed by atoms with van der Waals surface area (Å²) in [6, 6.07) is 5.17. The molecular formula is C13H18BrN3O2. The molecule has 1 atom stereocenters. The van der Waals surface area contributed by atoms with Crippen LogP contribution in [0.15, 0.2) is 22.7 Å². The Hall–Kier alpha value is -1.11. The normalized spacial score (nSPS) is 18.0. The van der Waals surface area contributed by atoms with Crippen LogP contribution < -0.4 is 15.8 Å². The number of hydrogen-bond donors (Lipinski definition) is 2. The van der Waals surface area contributed by atoms with Crippen LogP contribution in [0.5, 0.6) is 5.75 Å². The number of carbonyl (C=O) groups excluding carboxylic acids is 1. The number of amides is 1. The lowest BCUT2D eigenvalue weighted by Crippen LogP contribution is -2.48. The van der Waals surface area contributed by atoms with Gasteiger partial charge in [0.25, 0.3) is 0 Å². The number of ether oxygens (including phenoxy) is 1. The first-order chi connectivity index (χ1) is 9.13. The molecule has 0 radical (unpaired) electrons. The average Bonchev–Trinajstić information content (AvgIpc) is 2.42. The number of benzene rings is 1. The Morgan fingerprint density at radius 3 is 2.74 bits per heavy atom. The van der Waals surface area contributed by atoms with E-state index >= 15 is 0 Å². The van der Waals surface area contributed by atoms with Crippen LogP contribution in [0.3, 0.4) is 0 Å². The van der Waals surface area contributed by atoms with Gasteiger partial charge in [-0.1, -0.05) is 15.9 Å². The predicted octanol–water partition coefficient (Wildman–Crippen LogP) is 0.889. The molecule has 0 spiro atoms. The van der Waals surface area contributed by atoms with Crippen LogP contribution >= 0.6 is 15.9 Å². The number of piperazine rings is 1. The molecule has 104 valence electrons. The van der Waals surface area contributed by atoms with Gasteiger partial charge in [0.2, 0.25) is 5.91 Å². The first-order valence-corrected chi connectivity index (χ1v) is 7.00. The van der Waals surface area contributed by atoms with Crippen LogP contribution in [0.25, 0.3) is 0 Å². The minimum absolute atomic E-state index is 0.337. The first-order valence-electron chi connectivity index (χ1n) is 6.21. The summed E-state index contributed by atoms with van der Waals surface area (Å²) in [6.45, 7) is 3.34. The highest BCUT2D eigenvalue weighted by Crippen LogP contribution is 2.31. The summed E-state index contributed by atoms with van der Waals surface area (Å²) in [5, 5.41) is 3.27. The highest BCUT2D eigenvalue weighted by Gasteiger charge is 2.28. The maximum Gasteiger partial charge on any atom is 0.239 e. The van der Waals surface area contributed by atoms with E-state index in [1.807, 2.05) is 18.2 Å². The quantitative estimate of drug-likeness (QED) is 0.861. The highest BCUT2D eigenvalue weighted by molar-refractivity contribution is 9.10. The van der Waals surface area contributed by atoms with E-state index in [1.165, 1.54) is 0 Å². The highest BCUT2D eigenvalue weighted by atomic mass is 79.9. The topological polar surface area (TPSA) is 67.6 Å². The molecule has 1 aliphatic heterocycles. The summed E-state index contributed by atoms with van der Waals surface area (Å²) in [7, 11) is 1.61. The van der Waals surface area contributed by atoms with Crippen molar-refractivity contribution in [2.45, 2.75) is 6.04 Å². The van der Waals surface area contributed by atoms with E-state index in [-0.39, 0.29) is 5.91 Å². The molecule has 5 nitrogen and oxygen atoms in total. The second kappa shape index (κ2) is 6.36. The number of nitrogens with zero attached hydrogens (tertiary/aromatic N) is 1. The van der Waals surface area contributed by atoms with Crippen molar-refractivity contribution in [1.82, 2.24) is 10.2 Å². The molecule has 1 heterocycles. The van der Waals surface area contributed by atoms with Gasteiger partial charge in [-0.05, 0) is 23.8 Å². The SMILES string of the molecule is COc1ccc(Br)c(C(C(N)=O)N2CCNCC2)c1. The molecule has 1 aromatic rings. The summed E-state index contributed by atoms with van der Waals surface area (Å²) in [6.07, 6.45) is 0. The second-order valence-electron chi connectivity index (χ2n) is 4.48. The van der Waals surface area contributed by atoms with Gasteiger partial charge in [-0.25, -0.2) is 0 Å². The zero-order valence-corrected chi connectivity index (χ0v) is 12.4. The average molecular weight is 328 g/mol. The van der Waals surface area contributed by atoms with Crippen molar-refractivity contribution >= 4 is 21.8 Å². The Bertz CT molecular complexity index is 461. The molecule has 1 aliphatic rings. The Balaban J connectivity index is 2.35. The van der Waals surface area contributed by atoms with Gasteiger partial charge in [0.15, 0.2) is 0 Å². The Morgan fingerprint density at radius 1 is 1.47 bits per heavy atom. The third kappa shape index (κ3) is 3.26. The minimum Gasteiger partial charge on any atom is -0.497 e. The zero-order chi connectivity index (χ0) is 13.8. The number of primary amides is 1. The monoisotopic (exact) mass is 327 g/mol. The van der Waals surface area contributed by atoms with Crippen molar-refractivity contribution in [3.63, 3.8) is 0 Å². The molecule has 1 aromatic carbocycles. The number of nitrogens with one attached hydrogen (secondary N) is 1. The van der Waals surface area contributed by atoms with Crippen molar-refractivity contribution in [2.75, 3.05) is 33.3 Å². The van der Waals surface area contributed by atoms with Gasteiger partial charge in [0.05, 0.1) is 7.11 Å². The number of halogens is 1. The molecule has 3 N–H and O–H groups in total. The summed E-state index contributed by atoms with van der Waals surface area (Å²) >= 11 is 3.49. The molecule has 1 fully saturated rings. The molecular weight excluding hydrogens is 310 g/mol. The lowest BCUT2D eigenvalue weighted by molar-refractivity contribution is -0.123. The van der Waals surface area contributed by atoms with E-state index in [4.69, 9.17) is 10.5 Å². The molecule has 1 amide bonds. The van der Waals surface area contributed by atoms with Crippen LogP contribution in [0.4, 0.5) is 0 Å². The smallest absolute Gasteiger partial charge is 0.239 e. The van der Waals surface area contributed by atoms with Crippen LogP contribution in [0, 0.1) is 0 Å². The molecule has 6 heteroatoms. The Morgan fingerprint density at radius 2 is 2.16 bits per heavy atom. The largest absolute Gasteiger partial charge is 0.497 e. The number of hydrogen-bond acceptors (Lipinski definition) is 4. The lowest BCUT2D eigenvalue weighted by Gasteiger charge is -2.33. The van der Waals surface area contributed by atoms with Gasteiger partial charge >= 0.3 is 0 Å². The van der Waals surface area contributed by atoms with Gasteiger partial charge < -0.3 is 15.8 Å². The van der Waals surface area contributed by atoms with Crippen molar-refractivity contribution < 1.29 is 9.53 Å². The van der Waals surface area contributed by atoms with E-state index < -0.39 is 6.04 Å². The fourth-order valence-electron chi connectivity index (χ4n) is 2.33. The zero-order valence-electron chi connectivity index (χ0n) is 10.9. The fraction of sp³-hybridized carbons (Fsp3) is 0.462. The van der Waals surface area contributed by atoms with Crippen LogP contribution in [0.2, 0.25) is 0 Å². The van der Waals surface area contributed by atoms with E-state index in [0.29, 0.717) is 0 Å². The number of carbonyl (C=O) groups is 1. The molecule has 0 aromatic heterocycles. The van der Waals surface area contributed by atoms with E-state index in [9.17, 15) is 4.79 Å². The number of methoxy groups -OCH3 is 1. The van der Waals surface area contributed by atoms with Crippen LogP contribution in [-0.4, -0.2) is 44.1 Å². The van der Waals surface area contributed by atoms with Crippen molar-refractivity contribution in [2.24, 2.45) is 5.73 Å². The van der Waals surface area contributed by atoms with Gasteiger partial charge in [-0.3, -0.25) is 9.69 Å². The molecule has 1 saturated heterocycles. The van der Waals surface area contributed by atoms with Crippen molar-refractivity contribution in [3.05, 3.63) is 28.2 Å². The maximum atomic E-state index is 11.8. The second-order valence-corrected chi connectivity index (χ2v) is 5.33. The summed E-state index contributed by atoms with van der Waals surface area (Å²) in [5.74, 6) is 0.385. The van der Waals surface area contributed by atoms with E-state index in [1.54, 1.807) is 7.11 Å². The number of nitrogens with two attached hydrogens (primary N) is 1. The molecule has 1 unspecified atom stereocenters. The van der Waals surface area contributed by atoms with Gasteiger partial charge in [-0.15, -0.1) is 0 Å². The summed E-state index contributed by atoms with van der Waals surface area (Å²) < 4.78 is 6.09. The molecule has 0 aliphatic carbocycles. The van der Waals surface area contributed by atoms with E-state index in [2.05, 4.69) is 26.1 Å². The Kier molecular flexibility index (Phi) is 4.79. The minimum atomic E-state index is -0.424. The third-order valence-corrected chi connectivity index (χ3v) is 4.01. The Labute approximate surface area is 121 Å². The molecule has 0 bridgehead atoms. The van der Waals surface area contributed by atoms with E-state index in [0.717, 1.165) is 42.0 Å². The number of rotatable bonds is 4. The molecule has 19 heavy (non-hydrogen) atoms. The first kappa shape index (κ1) is 14.3. The van der Waals surface area contributed by atoms with Crippen LogP contribution in [-0.2, 0) is 4.79 Å². The molecule has 2 rings (SSSR count). The molecule has 0 saturated carbocycles. The summed E-state index contributed by atoms with van der Waals surface area (Å²) in [4.78, 5) is 13.9. The fourth-order valence-corrected chi connectivity index (χ4v) is 2.79. The lowest BCUT2D eigenvalue weighted by atomic mass is 10.0. The van der Waals surface area contributed by atoms with Gasteiger partial charge in [0, 0.05) is 30.7 Å². The third-order valence-electron chi connectivity index (χ3n) is 3.28. The van der Waals surface area contributed by atoms with Gasteiger partial charge in [0.1, 0.15) is 11.8 Å².